The van der Waals surface area contributed by atoms with Crippen molar-refractivity contribution in [1.82, 2.24) is 0 Å². The topological polar surface area (TPSA) is 47.6 Å². The highest BCUT2D eigenvalue weighted by Gasteiger charge is 2.42. The molecule has 0 saturated heterocycles. The summed E-state index contributed by atoms with van der Waals surface area (Å²) in [6.07, 6.45) is 4.71. The first kappa shape index (κ1) is 19.7. The molecule has 0 aliphatic heterocycles. The molecule has 2 atom stereocenters. The van der Waals surface area contributed by atoms with E-state index in [1.165, 1.54) is 0 Å². The zero-order chi connectivity index (χ0) is 19.3. The summed E-state index contributed by atoms with van der Waals surface area (Å²) in [5.74, 6) is 1.33. The van der Waals surface area contributed by atoms with Crippen molar-refractivity contribution in [1.29, 1.82) is 0 Å². The summed E-state index contributed by atoms with van der Waals surface area (Å²) >= 11 is 0. The molecule has 1 saturated carbocycles. The lowest BCUT2D eigenvalue weighted by molar-refractivity contribution is -0.147. The average molecular weight is 370 g/mol. The second kappa shape index (κ2) is 8.75. The Morgan fingerprint density at radius 3 is 2.67 bits per heavy atom. The monoisotopic (exact) mass is 369 g/mol. The van der Waals surface area contributed by atoms with Gasteiger partial charge >= 0.3 is 0 Å². The Balaban J connectivity index is 1.90. The predicted octanol–water partition coefficient (Wildman–Crippen LogP) is 5.55. The number of benzene rings is 2. The molecule has 0 unspecified atom stereocenters. The summed E-state index contributed by atoms with van der Waals surface area (Å²) < 4.78 is 11.9. The lowest BCUT2D eigenvalue weighted by Crippen LogP contribution is -2.48. The normalized spacial score (nSPS) is 22.6. The van der Waals surface area contributed by atoms with Crippen LogP contribution in [0.2, 0.25) is 0 Å². The highest BCUT2D eigenvalue weighted by atomic mass is 16.5. The Kier molecular flexibility index (Phi) is 6.38. The summed E-state index contributed by atoms with van der Waals surface area (Å²) in [4.78, 5) is 13.3. The molecule has 146 valence electrons. The number of hydrogen-bond acceptors (Lipinski definition) is 3. The largest absolute Gasteiger partial charge is 0.493 e. The van der Waals surface area contributed by atoms with Crippen LogP contribution in [0, 0.1) is 5.92 Å². The van der Waals surface area contributed by atoms with E-state index < -0.39 is 5.60 Å². The number of nitrogens with one attached hydrogen (secondary N) is 1. The lowest BCUT2D eigenvalue weighted by Gasteiger charge is -2.38. The first-order valence-electron chi connectivity index (χ1n) is 10.2. The van der Waals surface area contributed by atoms with E-state index in [-0.39, 0.29) is 5.91 Å². The van der Waals surface area contributed by atoms with Gasteiger partial charge in [-0.3, -0.25) is 4.79 Å². The number of carbonyl (C=O) groups excluding carboxylic acids is 1. The number of amides is 1. The van der Waals surface area contributed by atoms with Crippen LogP contribution in [0.15, 0.2) is 36.4 Å². The minimum Gasteiger partial charge on any atom is -0.493 e. The zero-order valence-corrected chi connectivity index (χ0v) is 16.7. The van der Waals surface area contributed by atoms with Gasteiger partial charge in [0.25, 0.3) is 5.91 Å². The molecule has 2 aromatic rings. The van der Waals surface area contributed by atoms with Crippen molar-refractivity contribution in [2.75, 3.05) is 18.5 Å². The van der Waals surface area contributed by atoms with Gasteiger partial charge in [0.2, 0.25) is 0 Å². The smallest absolute Gasteiger partial charge is 0.256 e. The van der Waals surface area contributed by atoms with Crippen molar-refractivity contribution >= 4 is 22.4 Å². The first-order chi connectivity index (χ1) is 13.1. The van der Waals surface area contributed by atoms with Gasteiger partial charge in [-0.15, -0.1) is 0 Å². The third-order valence-corrected chi connectivity index (χ3v) is 5.38. The standard InChI is InChI=1S/C23H31NO3/c1-4-15-26-21-13-12-20(18-10-6-7-11-19(18)21)24-22(25)23(27-5-2)14-8-9-17(3)16-23/h6-7,10-13,17H,4-5,8-9,14-16H2,1-3H3,(H,24,25)/t17-,23-/m0/s1. The van der Waals surface area contributed by atoms with Gasteiger partial charge in [-0.1, -0.05) is 44.5 Å². The van der Waals surface area contributed by atoms with Crippen molar-refractivity contribution in [3.63, 3.8) is 0 Å². The van der Waals surface area contributed by atoms with E-state index in [0.29, 0.717) is 19.1 Å². The fourth-order valence-corrected chi connectivity index (χ4v) is 4.14. The van der Waals surface area contributed by atoms with Gasteiger partial charge in [0.1, 0.15) is 11.4 Å². The quantitative estimate of drug-likeness (QED) is 0.696. The van der Waals surface area contributed by atoms with Gasteiger partial charge in [-0.25, -0.2) is 0 Å². The third-order valence-electron chi connectivity index (χ3n) is 5.38. The molecule has 1 amide bonds. The van der Waals surface area contributed by atoms with Gasteiger partial charge < -0.3 is 14.8 Å². The Bertz CT molecular complexity index is 784. The fourth-order valence-electron chi connectivity index (χ4n) is 4.14. The highest BCUT2D eigenvalue weighted by Crippen LogP contribution is 2.38. The second-order valence-corrected chi connectivity index (χ2v) is 7.59. The zero-order valence-electron chi connectivity index (χ0n) is 16.7. The molecule has 4 nitrogen and oxygen atoms in total. The highest BCUT2D eigenvalue weighted by molar-refractivity contribution is 6.06. The van der Waals surface area contributed by atoms with E-state index in [9.17, 15) is 4.79 Å². The van der Waals surface area contributed by atoms with Gasteiger partial charge in [-0.05, 0) is 50.7 Å². The predicted molar refractivity (Wildman–Crippen MR) is 110 cm³/mol. The van der Waals surface area contributed by atoms with Crippen LogP contribution in [0.5, 0.6) is 5.75 Å². The van der Waals surface area contributed by atoms with Crippen LogP contribution < -0.4 is 10.1 Å². The minimum absolute atomic E-state index is 0.0247. The molecule has 1 fully saturated rings. The van der Waals surface area contributed by atoms with Crippen molar-refractivity contribution in [2.24, 2.45) is 5.92 Å². The molecule has 1 aliphatic carbocycles. The molecular formula is C23H31NO3. The van der Waals surface area contributed by atoms with Crippen LogP contribution >= 0.6 is 0 Å². The average Bonchev–Trinajstić information content (AvgIpc) is 2.67. The molecule has 3 rings (SSSR count). The lowest BCUT2D eigenvalue weighted by atomic mass is 9.78. The van der Waals surface area contributed by atoms with Gasteiger partial charge in [0.05, 0.1) is 6.61 Å². The molecular weight excluding hydrogens is 338 g/mol. The third kappa shape index (κ3) is 4.27. The fraction of sp³-hybridized carbons (Fsp3) is 0.522. The van der Waals surface area contributed by atoms with Crippen molar-refractivity contribution < 1.29 is 14.3 Å². The maximum atomic E-state index is 13.3. The number of rotatable bonds is 7. The molecule has 27 heavy (non-hydrogen) atoms. The summed E-state index contributed by atoms with van der Waals surface area (Å²) in [6, 6.07) is 11.9. The van der Waals surface area contributed by atoms with Crippen LogP contribution in [0.4, 0.5) is 5.69 Å². The molecule has 0 bridgehead atoms. The van der Waals surface area contributed by atoms with E-state index in [1.807, 2.05) is 43.3 Å². The molecule has 1 N–H and O–H groups in total. The van der Waals surface area contributed by atoms with Crippen molar-refractivity contribution in [2.45, 2.75) is 58.5 Å². The second-order valence-electron chi connectivity index (χ2n) is 7.59. The van der Waals surface area contributed by atoms with Gasteiger partial charge in [0, 0.05) is 23.1 Å². The first-order valence-corrected chi connectivity index (χ1v) is 10.2. The van der Waals surface area contributed by atoms with Gasteiger partial charge in [0.15, 0.2) is 0 Å². The minimum atomic E-state index is -0.717. The number of anilines is 1. The number of hydrogen-bond donors (Lipinski definition) is 1. The molecule has 0 aromatic heterocycles. The van der Waals surface area contributed by atoms with E-state index >= 15 is 0 Å². The Morgan fingerprint density at radius 2 is 1.96 bits per heavy atom. The van der Waals surface area contributed by atoms with Crippen LogP contribution in [-0.2, 0) is 9.53 Å². The van der Waals surface area contributed by atoms with E-state index in [2.05, 4.69) is 19.2 Å². The van der Waals surface area contributed by atoms with Crippen molar-refractivity contribution in [3.8, 4) is 5.75 Å². The maximum absolute atomic E-state index is 13.3. The van der Waals surface area contributed by atoms with Crippen LogP contribution in [0.3, 0.4) is 0 Å². The maximum Gasteiger partial charge on any atom is 0.256 e. The number of ether oxygens (including phenoxy) is 2. The summed E-state index contributed by atoms with van der Waals surface area (Å²) in [7, 11) is 0. The van der Waals surface area contributed by atoms with E-state index in [0.717, 1.165) is 54.3 Å². The Labute approximate surface area is 162 Å². The summed E-state index contributed by atoms with van der Waals surface area (Å²) in [6.45, 7) is 7.49. The van der Waals surface area contributed by atoms with Crippen molar-refractivity contribution in [3.05, 3.63) is 36.4 Å². The van der Waals surface area contributed by atoms with Crippen LogP contribution in [0.1, 0.15) is 52.9 Å². The van der Waals surface area contributed by atoms with Crippen LogP contribution in [-0.4, -0.2) is 24.7 Å². The van der Waals surface area contributed by atoms with Gasteiger partial charge in [-0.2, -0.15) is 0 Å². The number of fused-ring (bicyclic) bond motifs is 1. The molecule has 1 aliphatic rings. The Morgan fingerprint density at radius 1 is 1.19 bits per heavy atom. The summed E-state index contributed by atoms with van der Waals surface area (Å²) in [5.41, 5.74) is 0.0991. The molecule has 2 aromatic carbocycles. The van der Waals surface area contributed by atoms with E-state index in [4.69, 9.17) is 9.47 Å². The van der Waals surface area contributed by atoms with Crippen LogP contribution in [0.25, 0.3) is 10.8 Å². The molecule has 0 heterocycles. The molecule has 0 radical (unpaired) electrons. The SMILES string of the molecule is CCCOc1ccc(NC(=O)[C@]2(OCC)CCC[C@H](C)C2)c2ccccc12. The number of carbonyl (C=O) groups is 1. The molecule has 4 heteroatoms. The molecule has 0 spiro atoms. The summed E-state index contributed by atoms with van der Waals surface area (Å²) in [5, 5.41) is 5.18. The Hall–Kier alpha value is -2.07. The van der Waals surface area contributed by atoms with E-state index in [1.54, 1.807) is 0 Å².